The number of urea groups is 1. The molecule has 4 amide bonds. The lowest BCUT2D eigenvalue weighted by Crippen LogP contribution is -2.52. The maximum Gasteiger partial charge on any atom is 0.333 e. The fourth-order valence-corrected chi connectivity index (χ4v) is 6.02. The zero-order valence-electron chi connectivity index (χ0n) is 21.3. The molecule has 12 heteroatoms. The number of pyridine rings is 1. The summed E-state index contributed by atoms with van der Waals surface area (Å²) in [5.74, 6) is 0.609. The Labute approximate surface area is 233 Å². The van der Waals surface area contributed by atoms with E-state index in [-0.39, 0.29) is 29.8 Å². The van der Waals surface area contributed by atoms with Crippen molar-refractivity contribution >= 4 is 56.7 Å². The second-order valence-electron chi connectivity index (χ2n) is 9.40. The molecule has 0 saturated heterocycles. The van der Waals surface area contributed by atoms with E-state index in [1.54, 1.807) is 12.3 Å². The van der Waals surface area contributed by atoms with Gasteiger partial charge in [0.05, 0.1) is 29.2 Å². The third-order valence-corrected chi connectivity index (χ3v) is 7.94. The van der Waals surface area contributed by atoms with Crippen molar-refractivity contribution in [1.82, 2.24) is 25.6 Å². The van der Waals surface area contributed by atoms with Crippen molar-refractivity contribution in [2.75, 3.05) is 10.2 Å². The molecule has 2 atom stereocenters. The number of anilines is 3. The Balaban J connectivity index is 1.27. The summed E-state index contributed by atoms with van der Waals surface area (Å²) in [4.78, 5) is 54.2. The third-order valence-electron chi connectivity index (χ3n) is 6.84. The minimum Gasteiger partial charge on any atom is -0.454 e. The Kier molecular flexibility index (Phi) is 6.83. The Morgan fingerprint density at radius 1 is 1.02 bits per heavy atom. The van der Waals surface area contributed by atoms with Crippen LogP contribution < -0.4 is 25.6 Å². The summed E-state index contributed by atoms with van der Waals surface area (Å²) in [6, 6.07) is 10.00. The van der Waals surface area contributed by atoms with Gasteiger partial charge in [-0.25, -0.2) is 24.6 Å². The molecule has 1 aliphatic heterocycles. The number of hydrogen-bond acceptors (Lipinski definition) is 8. The van der Waals surface area contributed by atoms with Crippen LogP contribution >= 0.6 is 11.3 Å². The lowest BCUT2D eigenvalue weighted by atomic mass is 9.90. The number of benzene rings is 1. The quantitative estimate of drug-likeness (QED) is 0.276. The SMILES string of the molecule is C=CC(=O)NC1CCCCC1NC(=O)c1sc2nccc3c2c1NC(=O)N3c1ncc(Oc2ccccc2)cn1. The normalized spacial score (nSPS) is 18.1. The van der Waals surface area contributed by atoms with Gasteiger partial charge >= 0.3 is 6.03 Å². The van der Waals surface area contributed by atoms with Crippen LogP contribution in [-0.4, -0.2) is 44.9 Å². The number of hydrogen-bond donors (Lipinski definition) is 3. The first-order valence-corrected chi connectivity index (χ1v) is 13.6. The first-order valence-electron chi connectivity index (χ1n) is 12.8. The summed E-state index contributed by atoms with van der Waals surface area (Å²) in [5.41, 5.74) is 0.915. The number of rotatable bonds is 7. The second-order valence-corrected chi connectivity index (χ2v) is 10.4. The molecule has 0 bridgehead atoms. The zero-order chi connectivity index (χ0) is 27.6. The van der Waals surface area contributed by atoms with Gasteiger partial charge < -0.3 is 20.7 Å². The molecular formula is C28H25N7O4S. The predicted octanol–water partition coefficient (Wildman–Crippen LogP) is 4.91. The van der Waals surface area contributed by atoms with Crippen molar-refractivity contribution in [2.45, 2.75) is 37.8 Å². The van der Waals surface area contributed by atoms with Crippen LogP contribution in [0.4, 0.5) is 22.1 Å². The van der Waals surface area contributed by atoms with E-state index in [1.807, 2.05) is 30.3 Å². The topological polar surface area (TPSA) is 138 Å². The van der Waals surface area contributed by atoms with Crippen LogP contribution in [0.5, 0.6) is 11.5 Å². The minimum absolute atomic E-state index is 0.149. The molecule has 3 N–H and O–H groups in total. The van der Waals surface area contributed by atoms with E-state index in [1.165, 1.54) is 34.7 Å². The van der Waals surface area contributed by atoms with Crippen molar-refractivity contribution in [1.29, 1.82) is 0 Å². The average Bonchev–Trinajstić information content (AvgIpc) is 3.35. The van der Waals surface area contributed by atoms with Crippen LogP contribution in [0.3, 0.4) is 0 Å². The molecule has 3 aromatic heterocycles. The maximum atomic E-state index is 13.5. The summed E-state index contributed by atoms with van der Waals surface area (Å²) in [7, 11) is 0. The number of thiophene rings is 1. The van der Waals surface area contributed by atoms with Gasteiger partial charge in [-0.2, -0.15) is 0 Å². The fourth-order valence-electron chi connectivity index (χ4n) is 5.00. The van der Waals surface area contributed by atoms with Crippen LogP contribution in [0.2, 0.25) is 0 Å². The highest BCUT2D eigenvalue weighted by molar-refractivity contribution is 7.21. The molecule has 0 spiro atoms. The number of amides is 4. The monoisotopic (exact) mass is 555 g/mol. The van der Waals surface area contributed by atoms with E-state index in [4.69, 9.17) is 4.74 Å². The zero-order valence-corrected chi connectivity index (χ0v) is 22.1. The van der Waals surface area contributed by atoms with Gasteiger partial charge in [0.15, 0.2) is 5.75 Å². The Bertz CT molecular complexity index is 1610. The van der Waals surface area contributed by atoms with Gasteiger partial charge in [0.1, 0.15) is 15.5 Å². The van der Waals surface area contributed by atoms with Crippen molar-refractivity contribution in [3.63, 3.8) is 0 Å². The lowest BCUT2D eigenvalue weighted by Gasteiger charge is -2.32. The number of aromatic nitrogens is 3. The van der Waals surface area contributed by atoms with Crippen molar-refractivity contribution in [3.8, 4) is 11.5 Å². The van der Waals surface area contributed by atoms with E-state index in [0.717, 1.165) is 25.7 Å². The Morgan fingerprint density at radius 3 is 2.48 bits per heavy atom. The number of nitrogens with one attached hydrogen (secondary N) is 3. The highest BCUT2D eigenvalue weighted by atomic mass is 32.1. The summed E-state index contributed by atoms with van der Waals surface area (Å²) < 4.78 is 5.76. The van der Waals surface area contributed by atoms with E-state index < -0.39 is 6.03 Å². The van der Waals surface area contributed by atoms with Gasteiger partial charge in [-0.1, -0.05) is 37.6 Å². The lowest BCUT2D eigenvalue weighted by molar-refractivity contribution is -0.117. The molecule has 11 nitrogen and oxygen atoms in total. The molecule has 1 fully saturated rings. The van der Waals surface area contributed by atoms with Gasteiger partial charge in [-0.05, 0) is 37.1 Å². The first kappa shape index (κ1) is 25.4. The van der Waals surface area contributed by atoms with E-state index in [0.29, 0.717) is 38.0 Å². The van der Waals surface area contributed by atoms with E-state index >= 15 is 0 Å². The molecule has 4 aromatic rings. The minimum atomic E-state index is -0.502. The first-order chi connectivity index (χ1) is 19.5. The Hall–Kier alpha value is -4.84. The van der Waals surface area contributed by atoms with Gasteiger partial charge in [0, 0.05) is 18.3 Å². The summed E-state index contributed by atoms with van der Waals surface area (Å²) in [6.45, 7) is 3.51. The predicted molar refractivity (Wildman–Crippen MR) is 151 cm³/mol. The molecule has 0 radical (unpaired) electrons. The molecule has 4 heterocycles. The smallest absolute Gasteiger partial charge is 0.333 e. The molecule has 1 aromatic carbocycles. The van der Waals surface area contributed by atoms with Crippen LogP contribution in [0.25, 0.3) is 10.2 Å². The molecule has 2 unspecified atom stereocenters. The third kappa shape index (κ3) is 4.84. The molecule has 1 aliphatic carbocycles. The van der Waals surface area contributed by atoms with Gasteiger partial charge in [-0.15, -0.1) is 11.3 Å². The highest BCUT2D eigenvalue weighted by Crippen LogP contribution is 2.45. The van der Waals surface area contributed by atoms with E-state index in [9.17, 15) is 14.4 Å². The Morgan fingerprint density at radius 2 is 1.75 bits per heavy atom. The molecule has 202 valence electrons. The largest absolute Gasteiger partial charge is 0.454 e. The van der Waals surface area contributed by atoms with Crippen LogP contribution in [0, 0.1) is 0 Å². The summed E-state index contributed by atoms with van der Waals surface area (Å²) >= 11 is 1.19. The number of nitrogens with zero attached hydrogens (tertiary/aromatic N) is 4. The van der Waals surface area contributed by atoms with Crippen LogP contribution in [0.1, 0.15) is 35.4 Å². The number of para-hydroxylation sites is 1. The van der Waals surface area contributed by atoms with Crippen molar-refractivity contribution in [2.24, 2.45) is 0 Å². The van der Waals surface area contributed by atoms with Crippen LogP contribution in [0.15, 0.2) is 67.6 Å². The summed E-state index contributed by atoms with van der Waals surface area (Å²) in [5, 5.41) is 9.47. The standard InChI is InChI=1S/C28H25N7O4S/c1-2-21(36)32-18-10-6-7-11-19(18)33-25(37)24-23-22-20(12-13-29-26(22)40-24)35(28(38)34-23)27-30-14-17(15-31-27)39-16-8-4-3-5-9-16/h2-5,8-9,12-15,18-19H,1,6-7,10-11H2,(H,32,36)(H,33,37)(H,34,38). The van der Waals surface area contributed by atoms with Gasteiger partial charge in [-0.3, -0.25) is 9.59 Å². The number of carbonyl (C=O) groups is 3. The maximum absolute atomic E-state index is 13.5. The van der Waals surface area contributed by atoms with Crippen LogP contribution in [-0.2, 0) is 4.79 Å². The number of carbonyl (C=O) groups excluding carboxylic acids is 3. The van der Waals surface area contributed by atoms with Crippen molar-refractivity contribution in [3.05, 3.63) is 72.5 Å². The fraction of sp³-hybridized carbons (Fsp3) is 0.214. The average molecular weight is 556 g/mol. The summed E-state index contributed by atoms with van der Waals surface area (Å²) in [6.07, 6.45) is 9.20. The van der Waals surface area contributed by atoms with Gasteiger partial charge in [0.2, 0.25) is 11.9 Å². The molecule has 40 heavy (non-hydrogen) atoms. The second kappa shape index (κ2) is 10.7. The molecule has 1 saturated carbocycles. The molecule has 6 rings (SSSR count). The van der Waals surface area contributed by atoms with Gasteiger partial charge in [0.25, 0.3) is 5.91 Å². The molecular weight excluding hydrogens is 530 g/mol. The highest BCUT2D eigenvalue weighted by Gasteiger charge is 2.35. The molecule has 2 aliphatic rings. The van der Waals surface area contributed by atoms with Crippen molar-refractivity contribution < 1.29 is 19.1 Å². The number of ether oxygens (including phenoxy) is 1. The van der Waals surface area contributed by atoms with E-state index in [2.05, 4.69) is 37.5 Å².